The van der Waals surface area contributed by atoms with Crippen LogP contribution >= 0.6 is 0 Å². The maximum atomic E-state index is 14.9. The molecule has 0 aliphatic heterocycles. The molecule has 0 saturated heterocycles. The van der Waals surface area contributed by atoms with Crippen LogP contribution in [0.3, 0.4) is 0 Å². The van der Waals surface area contributed by atoms with Crippen LogP contribution in [0.15, 0.2) is 30.3 Å². The van der Waals surface area contributed by atoms with E-state index in [1.807, 2.05) is 18.2 Å². The average Bonchev–Trinajstić information content (AvgIpc) is 3.19. The highest BCUT2D eigenvalue weighted by Crippen LogP contribution is 2.56. The number of methoxy groups -OCH3 is 1. The zero-order valence-corrected chi connectivity index (χ0v) is 10.9. The van der Waals surface area contributed by atoms with Gasteiger partial charge in [-0.05, 0) is 37.3 Å². The quantitative estimate of drug-likeness (QED) is 0.808. The lowest BCUT2D eigenvalue weighted by Crippen LogP contribution is -2.33. The minimum Gasteiger partial charge on any atom is -0.381 e. The maximum absolute atomic E-state index is 14.9. The fourth-order valence-corrected chi connectivity index (χ4v) is 2.84. The predicted molar refractivity (Wildman–Crippen MR) is 71.3 cm³/mol. The maximum Gasteiger partial charge on any atom is 0.137 e. The van der Waals surface area contributed by atoms with Crippen LogP contribution in [0.4, 0.5) is 4.39 Å². The smallest absolute Gasteiger partial charge is 0.137 e. The van der Waals surface area contributed by atoms with Crippen molar-refractivity contribution in [2.45, 2.75) is 30.8 Å². The van der Waals surface area contributed by atoms with Gasteiger partial charge in [0.25, 0.3) is 0 Å². The van der Waals surface area contributed by atoms with Gasteiger partial charge in [-0.25, -0.2) is 4.39 Å². The molecule has 1 fully saturated rings. The zero-order valence-electron chi connectivity index (χ0n) is 10.9. The second-order valence-electron chi connectivity index (χ2n) is 5.22. The minimum absolute atomic E-state index is 0.0893. The van der Waals surface area contributed by atoms with E-state index in [9.17, 15) is 4.39 Å². The van der Waals surface area contributed by atoms with Crippen molar-refractivity contribution in [2.24, 2.45) is 11.7 Å². The van der Waals surface area contributed by atoms with E-state index < -0.39 is 5.67 Å². The molecule has 1 aliphatic carbocycles. The number of hydrogen-bond donors (Lipinski definition) is 1. The standard InChI is InChI=1S/C15H22FNO/c1-18-11-15(16,8-5-9-17)14-10-13(14)12-6-3-2-4-7-12/h2-4,6-7,13-14H,5,8-11,17H2,1H3. The number of rotatable bonds is 7. The molecule has 3 atom stereocenters. The van der Waals surface area contributed by atoms with E-state index in [2.05, 4.69) is 12.1 Å². The zero-order chi connectivity index (χ0) is 13.0. The van der Waals surface area contributed by atoms with Gasteiger partial charge < -0.3 is 10.5 Å². The number of halogens is 1. The van der Waals surface area contributed by atoms with E-state index in [4.69, 9.17) is 10.5 Å². The molecule has 2 N–H and O–H groups in total. The second-order valence-corrected chi connectivity index (χ2v) is 5.22. The third kappa shape index (κ3) is 2.90. The van der Waals surface area contributed by atoms with Crippen LogP contribution in [0, 0.1) is 5.92 Å². The molecule has 1 aliphatic rings. The molecule has 1 aromatic carbocycles. The van der Waals surface area contributed by atoms with E-state index in [-0.39, 0.29) is 12.5 Å². The van der Waals surface area contributed by atoms with Gasteiger partial charge in [0, 0.05) is 13.0 Å². The molecule has 2 nitrogen and oxygen atoms in total. The first-order valence-electron chi connectivity index (χ1n) is 6.64. The van der Waals surface area contributed by atoms with Crippen molar-refractivity contribution in [1.29, 1.82) is 0 Å². The number of nitrogens with two attached hydrogens (primary N) is 1. The van der Waals surface area contributed by atoms with Crippen LogP contribution in [0.25, 0.3) is 0 Å². The summed E-state index contributed by atoms with van der Waals surface area (Å²) in [4.78, 5) is 0. The Morgan fingerprint density at radius 3 is 2.72 bits per heavy atom. The molecule has 0 radical (unpaired) electrons. The summed E-state index contributed by atoms with van der Waals surface area (Å²) >= 11 is 0. The first-order valence-corrected chi connectivity index (χ1v) is 6.64. The highest BCUT2D eigenvalue weighted by molar-refractivity contribution is 5.27. The van der Waals surface area contributed by atoms with Gasteiger partial charge in [-0.3, -0.25) is 0 Å². The summed E-state index contributed by atoms with van der Waals surface area (Å²) in [7, 11) is 1.57. The Labute approximate surface area is 108 Å². The topological polar surface area (TPSA) is 35.2 Å². The van der Waals surface area contributed by atoms with Gasteiger partial charge in [-0.15, -0.1) is 0 Å². The SMILES string of the molecule is COCC(F)(CCCN)C1CC1c1ccccc1. The van der Waals surface area contributed by atoms with E-state index in [1.54, 1.807) is 7.11 Å². The summed E-state index contributed by atoms with van der Waals surface area (Å²) in [5.41, 5.74) is 5.52. The Kier molecular flexibility index (Phi) is 4.36. The highest BCUT2D eigenvalue weighted by atomic mass is 19.1. The first-order chi connectivity index (χ1) is 8.71. The summed E-state index contributed by atoms with van der Waals surface area (Å²) in [6, 6.07) is 10.2. The molecule has 3 heteroatoms. The van der Waals surface area contributed by atoms with Crippen molar-refractivity contribution in [3.63, 3.8) is 0 Å². The molecule has 1 aromatic rings. The molecule has 0 aromatic heterocycles. The third-order valence-corrected chi connectivity index (χ3v) is 3.86. The molecule has 0 bridgehead atoms. The molecular weight excluding hydrogens is 229 g/mol. The molecule has 0 amide bonds. The summed E-state index contributed by atoms with van der Waals surface area (Å²) in [6.45, 7) is 0.721. The van der Waals surface area contributed by atoms with Crippen molar-refractivity contribution in [1.82, 2.24) is 0 Å². The fourth-order valence-electron chi connectivity index (χ4n) is 2.84. The van der Waals surface area contributed by atoms with Gasteiger partial charge in [-0.1, -0.05) is 30.3 Å². The van der Waals surface area contributed by atoms with Crippen LogP contribution in [0.5, 0.6) is 0 Å². The summed E-state index contributed by atoms with van der Waals surface area (Å²) in [5, 5.41) is 0. The fraction of sp³-hybridized carbons (Fsp3) is 0.600. The summed E-state index contributed by atoms with van der Waals surface area (Å²) in [5.74, 6) is 0.440. The van der Waals surface area contributed by atoms with Crippen molar-refractivity contribution in [2.75, 3.05) is 20.3 Å². The van der Waals surface area contributed by atoms with Crippen LogP contribution in [-0.2, 0) is 4.74 Å². The normalized spacial score (nSPS) is 25.7. The van der Waals surface area contributed by atoms with Gasteiger partial charge in [0.15, 0.2) is 0 Å². The Hall–Kier alpha value is -0.930. The molecule has 3 unspecified atom stereocenters. The third-order valence-electron chi connectivity index (χ3n) is 3.86. The summed E-state index contributed by atoms with van der Waals surface area (Å²) in [6.07, 6.45) is 2.15. The number of hydrogen-bond acceptors (Lipinski definition) is 2. The van der Waals surface area contributed by atoms with Gasteiger partial charge in [-0.2, -0.15) is 0 Å². The van der Waals surface area contributed by atoms with Gasteiger partial charge in [0.05, 0.1) is 6.61 Å². The Morgan fingerprint density at radius 1 is 1.39 bits per heavy atom. The average molecular weight is 251 g/mol. The van der Waals surface area contributed by atoms with E-state index in [0.717, 1.165) is 12.8 Å². The number of benzene rings is 1. The van der Waals surface area contributed by atoms with Gasteiger partial charge >= 0.3 is 0 Å². The van der Waals surface area contributed by atoms with Crippen molar-refractivity contribution in [3.8, 4) is 0 Å². The second kappa shape index (κ2) is 5.81. The van der Waals surface area contributed by atoms with E-state index in [1.165, 1.54) is 5.56 Å². The molecular formula is C15H22FNO. The lowest BCUT2D eigenvalue weighted by molar-refractivity contribution is 0.0147. The lowest BCUT2D eigenvalue weighted by Gasteiger charge is -2.25. The molecule has 18 heavy (non-hydrogen) atoms. The largest absolute Gasteiger partial charge is 0.381 e. The number of ether oxygens (including phenoxy) is 1. The lowest BCUT2D eigenvalue weighted by atomic mass is 9.92. The predicted octanol–water partition coefficient (Wildman–Crippen LogP) is 2.88. The van der Waals surface area contributed by atoms with Crippen molar-refractivity contribution in [3.05, 3.63) is 35.9 Å². The molecule has 1 saturated carbocycles. The molecule has 0 heterocycles. The van der Waals surface area contributed by atoms with Crippen molar-refractivity contribution >= 4 is 0 Å². The molecule has 2 rings (SSSR count). The Morgan fingerprint density at radius 2 is 2.11 bits per heavy atom. The monoisotopic (exact) mass is 251 g/mol. The van der Waals surface area contributed by atoms with E-state index >= 15 is 0 Å². The summed E-state index contributed by atoms with van der Waals surface area (Å²) < 4.78 is 20.0. The first kappa shape index (κ1) is 13.5. The van der Waals surface area contributed by atoms with Gasteiger partial charge in [0.1, 0.15) is 5.67 Å². The highest BCUT2D eigenvalue weighted by Gasteiger charge is 2.53. The minimum atomic E-state index is -1.21. The van der Waals surface area contributed by atoms with Gasteiger partial charge in [0.2, 0.25) is 0 Å². The van der Waals surface area contributed by atoms with Crippen LogP contribution in [0.2, 0.25) is 0 Å². The van der Waals surface area contributed by atoms with Crippen LogP contribution < -0.4 is 5.73 Å². The molecule has 100 valence electrons. The van der Waals surface area contributed by atoms with E-state index in [0.29, 0.717) is 18.9 Å². The Bertz CT molecular complexity index is 370. The van der Waals surface area contributed by atoms with Crippen molar-refractivity contribution < 1.29 is 9.13 Å². The van der Waals surface area contributed by atoms with Crippen LogP contribution in [-0.4, -0.2) is 25.9 Å². The number of alkyl halides is 1. The molecule has 0 spiro atoms. The van der Waals surface area contributed by atoms with Crippen LogP contribution in [0.1, 0.15) is 30.7 Å². The Balaban J connectivity index is 2.02.